The standard InChI is InChI=1S/C13H10ClN3O2S/c1-16(8-11-4-5-13(14)20-11)10-3-2-9(7-15)12(6-10)17(18)19/h2-6H,8H2,1H3. The molecule has 1 heterocycles. The lowest BCUT2D eigenvalue weighted by Gasteiger charge is -2.18. The molecule has 0 bridgehead atoms. The number of nitro benzene ring substituents is 1. The third kappa shape index (κ3) is 3.07. The summed E-state index contributed by atoms with van der Waals surface area (Å²) in [5.74, 6) is 0. The predicted octanol–water partition coefficient (Wildman–Crippen LogP) is 3.82. The van der Waals surface area contributed by atoms with Crippen molar-refractivity contribution >= 4 is 34.3 Å². The number of rotatable bonds is 4. The van der Waals surface area contributed by atoms with Crippen LogP contribution in [0.3, 0.4) is 0 Å². The van der Waals surface area contributed by atoms with Gasteiger partial charge < -0.3 is 4.90 Å². The third-order valence-electron chi connectivity index (χ3n) is 2.76. The van der Waals surface area contributed by atoms with Gasteiger partial charge in [0.05, 0.1) is 15.8 Å². The molecule has 0 saturated carbocycles. The zero-order valence-corrected chi connectivity index (χ0v) is 12.1. The Labute approximate surface area is 124 Å². The summed E-state index contributed by atoms with van der Waals surface area (Å²) in [6, 6.07) is 10.1. The molecule has 0 aliphatic heterocycles. The number of benzene rings is 1. The predicted molar refractivity (Wildman–Crippen MR) is 79.2 cm³/mol. The topological polar surface area (TPSA) is 70.2 Å². The number of hydrogen-bond donors (Lipinski definition) is 0. The molecule has 5 nitrogen and oxygen atoms in total. The highest BCUT2D eigenvalue weighted by Crippen LogP contribution is 2.27. The highest BCUT2D eigenvalue weighted by Gasteiger charge is 2.16. The Bertz CT molecular complexity index is 693. The van der Waals surface area contributed by atoms with E-state index < -0.39 is 4.92 Å². The summed E-state index contributed by atoms with van der Waals surface area (Å²) in [7, 11) is 1.83. The van der Waals surface area contributed by atoms with E-state index in [1.165, 1.54) is 23.5 Å². The molecule has 2 rings (SSSR count). The second kappa shape index (κ2) is 5.90. The average Bonchev–Trinajstić information content (AvgIpc) is 2.83. The van der Waals surface area contributed by atoms with Crippen molar-refractivity contribution in [1.29, 1.82) is 5.26 Å². The molecule has 0 radical (unpaired) electrons. The Morgan fingerprint density at radius 2 is 2.20 bits per heavy atom. The zero-order valence-electron chi connectivity index (χ0n) is 10.5. The molecule has 102 valence electrons. The van der Waals surface area contributed by atoms with Gasteiger partial charge in [0.1, 0.15) is 11.6 Å². The fourth-order valence-electron chi connectivity index (χ4n) is 1.76. The van der Waals surface area contributed by atoms with Crippen molar-refractivity contribution in [3.63, 3.8) is 0 Å². The van der Waals surface area contributed by atoms with Gasteiger partial charge in [-0.2, -0.15) is 5.26 Å². The highest BCUT2D eigenvalue weighted by molar-refractivity contribution is 7.16. The average molecular weight is 308 g/mol. The van der Waals surface area contributed by atoms with E-state index in [2.05, 4.69) is 0 Å². The third-order valence-corrected chi connectivity index (χ3v) is 3.98. The molecule has 0 amide bonds. The lowest BCUT2D eigenvalue weighted by molar-refractivity contribution is -0.385. The monoisotopic (exact) mass is 307 g/mol. The van der Waals surface area contributed by atoms with Crippen molar-refractivity contribution in [1.82, 2.24) is 0 Å². The molecular weight excluding hydrogens is 298 g/mol. The minimum absolute atomic E-state index is 0.0614. The van der Waals surface area contributed by atoms with E-state index in [0.29, 0.717) is 16.6 Å². The van der Waals surface area contributed by atoms with E-state index in [0.717, 1.165) is 4.88 Å². The van der Waals surface area contributed by atoms with Crippen LogP contribution in [0, 0.1) is 21.4 Å². The van der Waals surface area contributed by atoms with Crippen LogP contribution >= 0.6 is 22.9 Å². The molecule has 0 N–H and O–H groups in total. The first kappa shape index (κ1) is 14.3. The minimum atomic E-state index is -0.544. The van der Waals surface area contributed by atoms with E-state index in [-0.39, 0.29) is 11.3 Å². The van der Waals surface area contributed by atoms with E-state index >= 15 is 0 Å². The molecule has 1 aromatic heterocycles. The zero-order chi connectivity index (χ0) is 14.7. The van der Waals surface area contributed by atoms with Gasteiger partial charge in [0.15, 0.2) is 0 Å². The van der Waals surface area contributed by atoms with Crippen molar-refractivity contribution in [2.75, 3.05) is 11.9 Å². The fraction of sp³-hybridized carbons (Fsp3) is 0.154. The lowest BCUT2D eigenvalue weighted by Crippen LogP contribution is -2.15. The second-order valence-electron chi connectivity index (χ2n) is 4.13. The van der Waals surface area contributed by atoms with E-state index in [1.807, 2.05) is 30.1 Å². The van der Waals surface area contributed by atoms with Crippen LogP contribution < -0.4 is 4.90 Å². The summed E-state index contributed by atoms with van der Waals surface area (Å²) in [5.41, 5.74) is 0.563. The van der Waals surface area contributed by atoms with Gasteiger partial charge in [-0.05, 0) is 24.3 Å². The molecule has 2 aromatic rings. The number of nitro groups is 1. The number of hydrogen-bond acceptors (Lipinski definition) is 5. The van der Waals surface area contributed by atoms with Crippen molar-refractivity contribution < 1.29 is 4.92 Å². The van der Waals surface area contributed by atoms with Crippen LogP contribution in [0.25, 0.3) is 0 Å². The van der Waals surface area contributed by atoms with Crippen molar-refractivity contribution in [3.05, 3.63) is 55.2 Å². The van der Waals surface area contributed by atoms with Gasteiger partial charge in [-0.25, -0.2) is 0 Å². The normalized spacial score (nSPS) is 10.1. The summed E-state index contributed by atoms with van der Waals surface area (Å²) in [6.45, 7) is 0.598. The summed E-state index contributed by atoms with van der Waals surface area (Å²) < 4.78 is 0.708. The van der Waals surface area contributed by atoms with Gasteiger partial charge in [0.25, 0.3) is 5.69 Å². The SMILES string of the molecule is CN(Cc1ccc(Cl)s1)c1ccc(C#N)c([N+](=O)[O-])c1. The first-order chi connectivity index (χ1) is 9.51. The lowest BCUT2D eigenvalue weighted by atomic mass is 10.1. The Hall–Kier alpha value is -2.10. The smallest absolute Gasteiger partial charge is 0.289 e. The minimum Gasteiger partial charge on any atom is -0.369 e. The maximum Gasteiger partial charge on any atom is 0.289 e. The van der Waals surface area contributed by atoms with E-state index in [4.69, 9.17) is 16.9 Å². The van der Waals surface area contributed by atoms with Crippen molar-refractivity contribution in [2.24, 2.45) is 0 Å². The van der Waals surface area contributed by atoms with Crippen molar-refractivity contribution in [3.8, 4) is 6.07 Å². The molecule has 7 heteroatoms. The maximum atomic E-state index is 10.9. The van der Waals surface area contributed by atoms with Crippen LogP contribution in [-0.2, 0) is 6.54 Å². The molecule has 0 aliphatic carbocycles. The maximum absolute atomic E-state index is 10.9. The van der Waals surface area contributed by atoms with Crippen molar-refractivity contribution in [2.45, 2.75) is 6.54 Å². The Morgan fingerprint density at radius 1 is 1.45 bits per heavy atom. The summed E-state index contributed by atoms with van der Waals surface area (Å²) >= 11 is 7.34. The molecular formula is C13H10ClN3O2S. The number of halogens is 1. The van der Waals surface area contributed by atoms with Crippen LogP contribution in [0.5, 0.6) is 0 Å². The van der Waals surface area contributed by atoms with Crippen LogP contribution in [-0.4, -0.2) is 12.0 Å². The first-order valence-electron chi connectivity index (χ1n) is 5.65. The Morgan fingerprint density at radius 3 is 2.75 bits per heavy atom. The van der Waals surface area contributed by atoms with Gasteiger partial charge in [0, 0.05) is 23.7 Å². The number of thiophene rings is 1. The summed E-state index contributed by atoms with van der Waals surface area (Å²) in [5, 5.41) is 19.8. The summed E-state index contributed by atoms with van der Waals surface area (Å²) in [4.78, 5) is 13.3. The molecule has 1 aromatic carbocycles. The Kier molecular flexibility index (Phi) is 4.23. The van der Waals surface area contributed by atoms with Crippen LogP contribution in [0.4, 0.5) is 11.4 Å². The van der Waals surface area contributed by atoms with E-state index in [1.54, 1.807) is 6.07 Å². The Balaban J connectivity index is 2.26. The van der Waals surface area contributed by atoms with Crippen LogP contribution in [0.1, 0.15) is 10.4 Å². The second-order valence-corrected chi connectivity index (χ2v) is 5.93. The van der Waals surface area contributed by atoms with Gasteiger partial charge in [0.2, 0.25) is 0 Å². The molecule has 0 saturated heterocycles. The van der Waals surface area contributed by atoms with Gasteiger partial charge >= 0.3 is 0 Å². The molecule has 0 unspecified atom stereocenters. The first-order valence-corrected chi connectivity index (χ1v) is 6.84. The molecule has 0 aliphatic rings. The largest absolute Gasteiger partial charge is 0.369 e. The van der Waals surface area contributed by atoms with Gasteiger partial charge in [-0.1, -0.05) is 11.6 Å². The van der Waals surface area contributed by atoms with E-state index in [9.17, 15) is 10.1 Å². The molecule has 0 atom stereocenters. The summed E-state index contributed by atoms with van der Waals surface area (Å²) in [6.07, 6.45) is 0. The number of nitrogens with zero attached hydrogens (tertiary/aromatic N) is 3. The van der Waals surface area contributed by atoms with Crippen LogP contribution in [0.2, 0.25) is 4.34 Å². The fourth-order valence-corrected chi connectivity index (χ4v) is 2.91. The molecule has 0 spiro atoms. The van der Waals surface area contributed by atoms with Crippen LogP contribution in [0.15, 0.2) is 30.3 Å². The highest BCUT2D eigenvalue weighted by atomic mass is 35.5. The van der Waals surface area contributed by atoms with Gasteiger partial charge in [-0.15, -0.1) is 11.3 Å². The molecule has 0 fully saturated rings. The van der Waals surface area contributed by atoms with Gasteiger partial charge in [-0.3, -0.25) is 10.1 Å². The molecule has 20 heavy (non-hydrogen) atoms. The number of anilines is 1. The number of nitriles is 1. The quantitative estimate of drug-likeness (QED) is 0.636.